The molecule has 5 heteroatoms. The SMILES string of the molecule is C#C.C/C=C(\C=C(/C)Br)CNCCCN.C=C.CC.Cc1cc(F)cc(F)c1. The van der Waals surface area contributed by atoms with E-state index in [4.69, 9.17) is 5.73 Å². The maximum absolute atomic E-state index is 12.2. The minimum Gasteiger partial charge on any atom is -0.330 e. The number of aryl methyl sites for hydroxylation is 1. The van der Waals surface area contributed by atoms with Gasteiger partial charge in [0.05, 0.1) is 0 Å². The van der Waals surface area contributed by atoms with E-state index in [9.17, 15) is 8.78 Å². The van der Waals surface area contributed by atoms with Crippen molar-refractivity contribution >= 4 is 15.9 Å². The Balaban J connectivity index is -0.000000167. The number of halogens is 3. The van der Waals surface area contributed by atoms with Gasteiger partial charge in [-0.3, -0.25) is 0 Å². The molecule has 3 N–H and O–H groups in total. The summed E-state index contributed by atoms with van der Waals surface area (Å²) in [6.07, 6.45) is 13.3. The molecule has 0 bridgehead atoms. The maximum Gasteiger partial charge on any atom is 0.126 e. The second-order valence-electron chi connectivity index (χ2n) is 4.86. The molecule has 0 unspecified atom stereocenters. The molecule has 0 aliphatic rings. The summed E-state index contributed by atoms with van der Waals surface area (Å²) in [5, 5.41) is 3.33. The van der Waals surface area contributed by atoms with Gasteiger partial charge in [0.25, 0.3) is 0 Å². The average molecular weight is 459 g/mol. The number of benzene rings is 1. The van der Waals surface area contributed by atoms with Crippen molar-refractivity contribution in [1.82, 2.24) is 5.32 Å². The van der Waals surface area contributed by atoms with Crippen molar-refractivity contribution in [2.24, 2.45) is 5.73 Å². The van der Waals surface area contributed by atoms with Crippen LogP contribution in [0, 0.1) is 31.4 Å². The Labute approximate surface area is 180 Å². The molecule has 1 aromatic rings. The lowest BCUT2D eigenvalue weighted by molar-refractivity contribution is 0.581. The molecule has 1 aromatic carbocycles. The van der Waals surface area contributed by atoms with Crippen molar-refractivity contribution in [3.63, 3.8) is 0 Å². The van der Waals surface area contributed by atoms with E-state index < -0.39 is 11.6 Å². The molecule has 0 fully saturated rings. The van der Waals surface area contributed by atoms with Gasteiger partial charge in [0, 0.05) is 12.6 Å². The normalized spacial score (nSPS) is 9.82. The van der Waals surface area contributed by atoms with E-state index >= 15 is 0 Å². The fourth-order valence-corrected chi connectivity index (χ4v) is 1.94. The minimum absolute atomic E-state index is 0.521. The molecule has 160 valence electrons. The molecule has 0 aliphatic heterocycles. The van der Waals surface area contributed by atoms with Crippen LogP contribution in [0.25, 0.3) is 0 Å². The molecule has 1 rings (SSSR count). The summed E-state index contributed by atoms with van der Waals surface area (Å²) in [7, 11) is 0. The molecule has 0 heterocycles. The third-order valence-electron chi connectivity index (χ3n) is 2.65. The zero-order valence-corrected chi connectivity index (χ0v) is 19.6. The monoisotopic (exact) mass is 458 g/mol. The lowest BCUT2D eigenvalue weighted by Gasteiger charge is -2.04. The Kier molecular flexibility index (Phi) is 33.2. The molecular weight excluding hydrogens is 422 g/mol. The van der Waals surface area contributed by atoms with Gasteiger partial charge in [-0.05, 0) is 74.1 Å². The summed E-state index contributed by atoms with van der Waals surface area (Å²) < 4.78 is 25.5. The second kappa shape index (κ2) is 27.5. The summed E-state index contributed by atoms with van der Waals surface area (Å²) >= 11 is 3.41. The summed E-state index contributed by atoms with van der Waals surface area (Å²) in [5.74, 6) is -1.04. The minimum atomic E-state index is -0.521. The van der Waals surface area contributed by atoms with Gasteiger partial charge in [-0.15, -0.1) is 26.0 Å². The number of hydrogen-bond donors (Lipinski definition) is 2. The maximum atomic E-state index is 12.2. The molecule has 0 saturated carbocycles. The first-order valence-electron chi connectivity index (χ1n) is 9.04. The van der Waals surface area contributed by atoms with Gasteiger partial charge >= 0.3 is 0 Å². The number of terminal acetylenes is 1. The fraction of sp³-hybridized carbons (Fsp3) is 0.391. The number of nitrogens with two attached hydrogens (primary N) is 1. The number of rotatable bonds is 6. The molecule has 0 amide bonds. The van der Waals surface area contributed by atoms with Crippen molar-refractivity contribution in [3.8, 4) is 12.8 Å². The Hall–Kier alpha value is -1.74. The van der Waals surface area contributed by atoms with Gasteiger partial charge in [0.2, 0.25) is 0 Å². The highest BCUT2D eigenvalue weighted by Gasteiger charge is 1.94. The van der Waals surface area contributed by atoms with E-state index in [0.29, 0.717) is 5.56 Å². The average Bonchev–Trinajstić information content (AvgIpc) is 2.68. The van der Waals surface area contributed by atoms with Gasteiger partial charge in [0.15, 0.2) is 0 Å². The molecule has 0 atom stereocenters. The Morgan fingerprint density at radius 2 is 1.64 bits per heavy atom. The van der Waals surface area contributed by atoms with E-state index in [2.05, 4.69) is 59.4 Å². The highest BCUT2D eigenvalue weighted by molar-refractivity contribution is 9.11. The predicted molar refractivity (Wildman–Crippen MR) is 127 cm³/mol. The zero-order valence-electron chi connectivity index (χ0n) is 18.0. The van der Waals surface area contributed by atoms with Gasteiger partial charge in [0.1, 0.15) is 11.6 Å². The molecule has 0 aromatic heterocycles. The Morgan fingerprint density at radius 1 is 1.18 bits per heavy atom. The topological polar surface area (TPSA) is 38.0 Å². The third kappa shape index (κ3) is 26.5. The molecular formula is C23H37BrF2N2. The van der Waals surface area contributed by atoms with E-state index in [-0.39, 0.29) is 0 Å². The van der Waals surface area contributed by atoms with E-state index in [1.165, 1.54) is 17.7 Å². The van der Waals surface area contributed by atoms with Crippen LogP contribution >= 0.6 is 15.9 Å². The van der Waals surface area contributed by atoms with Crippen LogP contribution in [0.4, 0.5) is 8.78 Å². The summed E-state index contributed by atoms with van der Waals surface area (Å²) in [6, 6.07) is 3.42. The third-order valence-corrected chi connectivity index (χ3v) is 2.88. The van der Waals surface area contributed by atoms with E-state index in [1.807, 2.05) is 27.7 Å². The lowest BCUT2D eigenvalue weighted by atomic mass is 10.2. The van der Waals surface area contributed by atoms with Crippen LogP contribution in [0.15, 0.2) is 53.6 Å². The van der Waals surface area contributed by atoms with Crippen molar-refractivity contribution in [2.75, 3.05) is 19.6 Å². The van der Waals surface area contributed by atoms with Gasteiger partial charge < -0.3 is 11.1 Å². The summed E-state index contributed by atoms with van der Waals surface area (Å²) in [5.41, 5.74) is 7.29. The molecule has 0 aliphatic carbocycles. The second-order valence-corrected chi connectivity index (χ2v) is 6.11. The number of allylic oxidation sites excluding steroid dienone is 2. The van der Waals surface area contributed by atoms with Crippen LogP contribution in [-0.2, 0) is 0 Å². The largest absolute Gasteiger partial charge is 0.330 e. The number of nitrogens with one attached hydrogen (secondary N) is 1. The summed E-state index contributed by atoms with van der Waals surface area (Å²) in [6.45, 7) is 18.4. The molecule has 0 saturated heterocycles. The van der Waals surface area contributed by atoms with Crippen LogP contribution in [0.3, 0.4) is 0 Å². The Morgan fingerprint density at radius 3 is 1.96 bits per heavy atom. The fourth-order valence-electron chi connectivity index (χ4n) is 1.64. The van der Waals surface area contributed by atoms with Crippen LogP contribution in [0.1, 0.15) is 39.7 Å². The molecule has 28 heavy (non-hydrogen) atoms. The van der Waals surface area contributed by atoms with Gasteiger partial charge in [-0.1, -0.05) is 35.9 Å². The highest BCUT2D eigenvalue weighted by Crippen LogP contribution is 2.07. The molecule has 0 spiro atoms. The van der Waals surface area contributed by atoms with Crippen LogP contribution in [0.2, 0.25) is 0 Å². The van der Waals surface area contributed by atoms with Crippen molar-refractivity contribution in [1.29, 1.82) is 0 Å². The van der Waals surface area contributed by atoms with Crippen LogP contribution < -0.4 is 11.1 Å². The Bertz CT molecular complexity index is 498. The van der Waals surface area contributed by atoms with E-state index in [0.717, 1.165) is 36.6 Å². The van der Waals surface area contributed by atoms with Gasteiger partial charge in [-0.2, -0.15) is 0 Å². The van der Waals surface area contributed by atoms with E-state index in [1.54, 1.807) is 6.92 Å². The van der Waals surface area contributed by atoms with Crippen molar-refractivity contribution in [2.45, 2.75) is 41.0 Å². The first-order chi connectivity index (χ1) is 13.4. The van der Waals surface area contributed by atoms with Gasteiger partial charge in [-0.25, -0.2) is 8.78 Å². The smallest absolute Gasteiger partial charge is 0.126 e. The standard InChI is InChI=1S/C10H19BrN2.C7H6F2.C2H6.C2H4.C2H2/c1-3-10(7-9(2)11)8-13-6-4-5-12;1-5-2-6(8)4-7(9)3-5;3*1-2/h3,7,13H,4-6,8,12H2,1-2H3;2-4H,1H3;1-2H3;1-2H2;1-2H/b9-7+,10-3+;;;;. The number of hydrogen-bond acceptors (Lipinski definition) is 2. The first kappa shape index (κ1) is 33.8. The first-order valence-corrected chi connectivity index (χ1v) is 9.84. The highest BCUT2D eigenvalue weighted by atomic mass is 79.9. The van der Waals surface area contributed by atoms with Crippen LogP contribution in [-0.4, -0.2) is 19.6 Å². The quantitative estimate of drug-likeness (QED) is 0.220. The zero-order chi connectivity index (χ0) is 23.0. The van der Waals surface area contributed by atoms with Crippen LogP contribution in [0.5, 0.6) is 0 Å². The summed E-state index contributed by atoms with van der Waals surface area (Å²) in [4.78, 5) is 0. The van der Waals surface area contributed by atoms with Crippen molar-refractivity contribution in [3.05, 3.63) is 70.8 Å². The van der Waals surface area contributed by atoms with Crippen molar-refractivity contribution < 1.29 is 8.78 Å². The lowest BCUT2D eigenvalue weighted by Crippen LogP contribution is -2.20. The predicted octanol–water partition coefficient (Wildman–Crippen LogP) is 6.52. The molecule has 2 nitrogen and oxygen atoms in total. The molecule has 0 radical (unpaired) electrons.